The van der Waals surface area contributed by atoms with Gasteiger partial charge in [0.2, 0.25) is 5.91 Å². The molecule has 1 amide bonds. The van der Waals surface area contributed by atoms with Crippen LogP contribution in [0.25, 0.3) is 0 Å². The van der Waals surface area contributed by atoms with E-state index in [9.17, 15) is 14.0 Å². The van der Waals surface area contributed by atoms with E-state index in [1.54, 1.807) is 54.5 Å². The van der Waals surface area contributed by atoms with Crippen LogP contribution in [0.2, 0.25) is 0 Å². The van der Waals surface area contributed by atoms with Gasteiger partial charge in [0, 0.05) is 29.5 Å². The monoisotopic (exact) mass is 387 g/mol. The number of ether oxygens (including phenoxy) is 1. The van der Waals surface area contributed by atoms with Gasteiger partial charge in [-0.25, -0.2) is 4.39 Å². The Labute approximate surface area is 162 Å². The van der Waals surface area contributed by atoms with E-state index in [1.807, 2.05) is 0 Å². The molecule has 0 N–H and O–H groups in total. The minimum absolute atomic E-state index is 0.0152. The number of nitrogens with zero attached hydrogens (tertiary/aromatic N) is 1. The highest BCUT2D eigenvalue weighted by Crippen LogP contribution is 2.25. The lowest BCUT2D eigenvalue weighted by Gasteiger charge is -2.31. The summed E-state index contributed by atoms with van der Waals surface area (Å²) in [5.41, 5.74) is 0.677. The number of methoxy groups -OCH3 is 1. The zero-order chi connectivity index (χ0) is 19.2. The SMILES string of the molecule is COc1ccc(C(=O)C2CCN(C(=O)CSc3ccccc3F)CC2)cc1. The summed E-state index contributed by atoms with van der Waals surface area (Å²) in [6.07, 6.45) is 1.31. The van der Waals surface area contributed by atoms with E-state index in [4.69, 9.17) is 4.74 Å². The molecule has 0 aromatic heterocycles. The van der Waals surface area contributed by atoms with Gasteiger partial charge in [0.05, 0.1) is 12.9 Å². The van der Waals surface area contributed by atoms with Gasteiger partial charge in [0.1, 0.15) is 11.6 Å². The van der Waals surface area contributed by atoms with Crippen LogP contribution in [0.5, 0.6) is 5.75 Å². The number of benzene rings is 2. The molecule has 1 aliphatic heterocycles. The number of piperidine rings is 1. The van der Waals surface area contributed by atoms with Crippen molar-refractivity contribution in [3.05, 3.63) is 59.9 Å². The van der Waals surface area contributed by atoms with Crippen LogP contribution >= 0.6 is 11.8 Å². The lowest BCUT2D eigenvalue weighted by molar-refractivity contribution is -0.129. The first-order chi connectivity index (χ1) is 13.1. The summed E-state index contributed by atoms with van der Waals surface area (Å²) >= 11 is 1.21. The quantitative estimate of drug-likeness (QED) is 0.554. The molecule has 1 saturated heterocycles. The molecular formula is C21H22FNO3S. The van der Waals surface area contributed by atoms with Gasteiger partial charge in [-0.05, 0) is 49.2 Å². The number of carbonyl (C=O) groups excluding carboxylic acids is 2. The molecule has 0 atom stereocenters. The number of halogens is 1. The summed E-state index contributed by atoms with van der Waals surface area (Å²) in [6.45, 7) is 1.12. The van der Waals surface area contributed by atoms with Crippen LogP contribution in [0.3, 0.4) is 0 Å². The Bertz CT molecular complexity index is 801. The second-order valence-corrected chi connectivity index (χ2v) is 7.48. The van der Waals surface area contributed by atoms with Gasteiger partial charge in [-0.15, -0.1) is 11.8 Å². The van der Waals surface area contributed by atoms with E-state index in [0.717, 1.165) is 5.75 Å². The molecule has 27 heavy (non-hydrogen) atoms. The number of rotatable bonds is 6. The fourth-order valence-corrected chi connectivity index (χ4v) is 4.02. The van der Waals surface area contributed by atoms with Gasteiger partial charge in [0.15, 0.2) is 5.78 Å². The Morgan fingerprint density at radius 2 is 1.78 bits per heavy atom. The van der Waals surface area contributed by atoms with Gasteiger partial charge in [-0.3, -0.25) is 9.59 Å². The summed E-state index contributed by atoms with van der Waals surface area (Å²) < 4.78 is 18.8. The Morgan fingerprint density at radius 3 is 2.41 bits per heavy atom. The number of thioether (sulfide) groups is 1. The van der Waals surface area contributed by atoms with Gasteiger partial charge in [-0.1, -0.05) is 12.1 Å². The third-order valence-corrected chi connectivity index (χ3v) is 5.81. The fourth-order valence-electron chi connectivity index (χ4n) is 3.17. The average Bonchev–Trinajstić information content (AvgIpc) is 2.72. The van der Waals surface area contributed by atoms with Crippen molar-refractivity contribution in [2.45, 2.75) is 17.7 Å². The number of Topliss-reactive ketones (excluding diaryl/α,β-unsaturated/α-hetero) is 1. The molecule has 1 aliphatic rings. The molecule has 1 fully saturated rings. The fraction of sp³-hybridized carbons (Fsp3) is 0.333. The van der Waals surface area contributed by atoms with E-state index in [2.05, 4.69) is 0 Å². The molecule has 2 aromatic rings. The summed E-state index contributed by atoms with van der Waals surface area (Å²) in [6, 6.07) is 13.6. The third-order valence-electron chi connectivity index (χ3n) is 4.78. The highest BCUT2D eigenvalue weighted by molar-refractivity contribution is 8.00. The van der Waals surface area contributed by atoms with Crippen LogP contribution in [0.1, 0.15) is 23.2 Å². The summed E-state index contributed by atoms with van der Waals surface area (Å²) in [5, 5.41) is 0. The van der Waals surface area contributed by atoms with Crippen molar-refractivity contribution in [3.63, 3.8) is 0 Å². The van der Waals surface area contributed by atoms with E-state index < -0.39 is 0 Å². The van der Waals surface area contributed by atoms with E-state index in [1.165, 1.54) is 17.8 Å². The molecular weight excluding hydrogens is 365 g/mol. The summed E-state index contributed by atoms with van der Waals surface area (Å²) in [7, 11) is 1.59. The zero-order valence-electron chi connectivity index (χ0n) is 15.2. The molecule has 3 rings (SSSR count). The predicted molar refractivity (Wildman–Crippen MR) is 104 cm³/mol. The lowest BCUT2D eigenvalue weighted by Crippen LogP contribution is -2.41. The average molecular weight is 387 g/mol. The van der Waals surface area contributed by atoms with Crippen molar-refractivity contribution >= 4 is 23.5 Å². The Balaban J connectivity index is 1.49. The lowest BCUT2D eigenvalue weighted by atomic mass is 9.89. The number of hydrogen-bond acceptors (Lipinski definition) is 4. The molecule has 6 heteroatoms. The van der Waals surface area contributed by atoms with Gasteiger partial charge in [-0.2, -0.15) is 0 Å². The molecule has 0 unspecified atom stereocenters. The summed E-state index contributed by atoms with van der Waals surface area (Å²) in [4.78, 5) is 27.3. The van der Waals surface area contributed by atoms with Crippen molar-refractivity contribution in [1.29, 1.82) is 0 Å². The second kappa shape index (κ2) is 9.04. The molecule has 0 bridgehead atoms. The van der Waals surface area contributed by atoms with Gasteiger partial charge >= 0.3 is 0 Å². The summed E-state index contributed by atoms with van der Waals surface area (Å²) in [5.74, 6) is 0.655. The molecule has 0 saturated carbocycles. The number of carbonyl (C=O) groups is 2. The Kier molecular flexibility index (Phi) is 6.50. The molecule has 0 radical (unpaired) electrons. The normalized spacial score (nSPS) is 14.8. The van der Waals surface area contributed by atoms with E-state index >= 15 is 0 Å². The largest absolute Gasteiger partial charge is 0.497 e. The van der Waals surface area contributed by atoms with Gasteiger partial charge in [0.25, 0.3) is 0 Å². The molecule has 2 aromatic carbocycles. The Morgan fingerprint density at radius 1 is 1.11 bits per heavy atom. The van der Waals surface area contributed by atoms with Crippen LogP contribution in [0, 0.1) is 11.7 Å². The second-order valence-electron chi connectivity index (χ2n) is 6.47. The topological polar surface area (TPSA) is 46.6 Å². The molecule has 4 nitrogen and oxygen atoms in total. The third kappa shape index (κ3) is 4.89. The standard InChI is InChI=1S/C21H22FNO3S/c1-26-17-8-6-15(7-9-17)21(25)16-10-12-23(13-11-16)20(24)14-27-19-5-3-2-4-18(19)22/h2-9,16H,10-14H2,1H3. The maximum Gasteiger partial charge on any atom is 0.232 e. The highest BCUT2D eigenvalue weighted by atomic mass is 32.2. The maximum absolute atomic E-state index is 13.6. The number of ketones is 1. The minimum atomic E-state index is -0.306. The van der Waals surface area contributed by atoms with Crippen LogP contribution in [0.15, 0.2) is 53.4 Å². The van der Waals surface area contributed by atoms with Crippen molar-refractivity contribution in [2.24, 2.45) is 5.92 Å². The molecule has 0 aliphatic carbocycles. The smallest absolute Gasteiger partial charge is 0.232 e. The van der Waals surface area contributed by atoms with Crippen LogP contribution in [-0.4, -0.2) is 42.5 Å². The van der Waals surface area contributed by atoms with Crippen molar-refractivity contribution in [2.75, 3.05) is 26.0 Å². The molecule has 0 spiro atoms. The van der Waals surface area contributed by atoms with Crippen LogP contribution in [0.4, 0.5) is 4.39 Å². The van der Waals surface area contributed by atoms with Gasteiger partial charge < -0.3 is 9.64 Å². The van der Waals surface area contributed by atoms with E-state index in [0.29, 0.717) is 36.4 Å². The number of hydrogen-bond donors (Lipinski definition) is 0. The maximum atomic E-state index is 13.6. The van der Waals surface area contributed by atoms with Crippen molar-refractivity contribution in [3.8, 4) is 5.75 Å². The highest BCUT2D eigenvalue weighted by Gasteiger charge is 2.28. The first kappa shape index (κ1) is 19.4. The predicted octanol–water partition coefficient (Wildman–Crippen LogP) is 4.05. The van der Waals surface area contributed by atoms with E-state index in [-0.39, 0.29) is 29.2 Å². The number of amides is 1. The van der Waals surface area contributed by atoms with Crippen LogP contribution in [-0.2, 0) is 4.79 Å². The molecule has 142 valence electrons. The molecule has 1 heterocycles. The van der Waals surface area contributed by atoms with Crippen LogP contribution < -0.4 is 4.74 Å². The zero-order valence-corrected chi connectivity index (χ0v) is 16.0. The Hall–Kier alpha value is -2.34. The number of likely N-dealkylation sites (tertiary alicyclic amines) is 1. The first-order valence-corrected chi connectivity index (χ1v) is 9.90. The van der Waals surface area contributed by atoms with Crippen molar-refractivity contribution < 1.29 is 18.7 Å². The van der Waals surface area contributed by atoms with Crippen molar-refractivity contribution in [1.82, 2.24) is 4.90 Å². The minimum Gasteiger partial charge on any atom is -0.497 e. The first-order valence-electron chi connectivity index (χ1n) is 8.92.